The van der Waals surface area contributed by atoms with Crippen LogP contribution >= 0.6 is 11.6 Å². The Balaban J connectivity index is 1.52. The predicted octanol–water partition coefficient (Wildman–Crippen LogP) is 3.45. The number of carbonyl (C=O) groups is 2. The number of benzene rings is 2. The van der Waals surface area contributed by atoms with Crippen LogP contribution in [0.25, 0.3) is 11.0 Å². The average Bonchev–Trinajstić information content (AvgIpc) is 3.09. The maximum Gasteiger partial charge on any atom is 0.336 e. The molecule has 3 aromatic rings. The first-order valence-corrected chi connectivity index (χ1v) is 9.31. The predicted molar refractivity (Wildman–Crippen MR) is 110 cm³/mol. The molecule has 1 fully saturated rings. The van der Waals surface area contributed by atoms with Crippen molar-refractivity contribution >= 4 is 45.8 Å². The van der Waals surface area contributed by atoms with Crippen molar-refractivity contribution in [2.45, 2.75) is 6.42 Å². The third-order valence-corrected chi connectivity index (χ3v) is 5.05. The lowest BCUT2D eigenvalue weighted by molar-refractivity contribution is -0.122. The van der Waals surface area contributed by atoms with E-state index in [0.29, 0.717) is 33.1 Å². The van der Waals surface area contributed by atoms with Crippen LogP contribution in [-0.2, 0) is 9.59 Å². The van der Waals surface area contributed by atoms with E-state index in [1.165, 1.54) is 18.1 Å². The molecule has 4 rings (SSSR count). The lowest BCUT2D eigenvalue weighted by Crippen LogP contribution is -2.28. The number of halogens is 1. The Kier molecular flexibility index (Phi) is 4.98. The smallest absolute Gasteiger partial charge is 0.336 e. The van der Waals surface area contributed by atoms with Crippen LogP contribution in [0.4, 0.5) is 11.4 Å². The summed E-state index contributed by atoms with van der Waals surface area (Å²) >= 11 is 6.06. The van der Waals surface area contributed by atoms with E-state index in [2.05, 4.69) is 5.32 Å². The van der Waals surface area contributed by atoms with Gasteiger partial charge in [-0.2, -0.15) is 0 Å². The maximum atomic E-state index is 12.7. The van der Waals surface area contributed by atoms with Crippen molar-refractivity contribution in [3.8, 4) is 5.75 Å². The Hall–Kier alpha value is -3.32. The lowest BCUT2D eigenvalue weighted by Gasteiger charge is -2.20. The third kappa shape index (κ3) is 3.82. The molecule has 1 N–H and O–H groups in total. The topological polar surface area (TPSA) is 88.8 Å². The number of hydrogen-bond acceptors (Lipinski definition) is 5. The van der Waals surface area contributed by atoms with Crippen LogP contribution in [0.2, 0.25) is 5.02 Å². The second-order valence-corrected chi connectivity index (χ2v) is 7.15. The number of anilines is 2. The molecule has 2 heterocycles. The summed E-state index contributed by atoms with van der Waals surface area (Å²) in [6.45, 7) is 0.226. The number of ether oxygens (including phenoxy) is 1. The van der Waals surface area contributed by atoms with Gasteiger partial charge in [-0.1, -0.05) is 11.6 Å². The third-order valence-electron chi connectivity index (χ3n) is 4.81. The summed E-state index contributed by atoms with van der Waals surface area (Å²) in [5.41, 5.74) is 1.10. The van der Waals surface area contributed by atoms with Crippen LogP contribution < -0.4 is 20.6 Å². The summed E-state index contributed by atoms with van der Waals surface area (Å²) in [6.07, 6.45) is 0.0873. The molecule has 0 aliphatic carbocycles. The van der Waals surface area contributed by atoms with Crippen molar-refractivity contribution in [3.63, 3.8) is 0 Å². The minimum absolute atomic E-state index is 0.0873. The Morgan fingerprint density at radius 1 is 1.17 bits per heavy atom. The van der Waals surface area contributed by atoms with Crippen molar-refractivity contribution in [3.05, 3.63) is 64.0 Å². The molecule has 0 saturated carbocycles. The summed E-state index contributed by atoms with van der Waals surface area (Å²) in [5, 5.41) is 3.99. The fraction of sp³-hybridized carbons (Fsp3) is 0.190. The number of nitrogens with zero attached hydrogens (tertiary/aromatic N) is 1. The van der Waals surface area contributed by atoms with Crippen LogP contribution in [0.1, 0.15) is 6.42 Å². The minimum atomic E-state index is -0.518. The molecular weight excluding hydrogens is 396 g/mol. The van der Waals surface area contributed by atoms with Gasteiger partial charge in [0.05, 0.1) is 18.7 Å². The van der Waals surface area contributed by atoms with E-state index >= 15 is 0 Å². The van der Waals surface area contributed by atoms with Gasteiger partial charge in [0.2, 0.25) is 11.8 Å². The van der Waals surface area contributed by atoms with Crippen molar-refractivity contribution in [2.24, 2.45) is 5.92 Å². The summed E-state index contributed by atoms with van der Waals surface area (Å²) in [6, 6.07) is 12.9. The van der Waals surface area contributed by atoms with Crippen LogP contribution in [-0.4, -0.2) is 25.5 Å². The molecule has 0 bridgehead atoms. The van der Waals surface area contributed by atoms with Crippen molar-refractivity contribution in [2.75, 3.05) is 23.9 Å². The second-order valence-electron chi connectivity index (χ2n) is 6.72. The van der Waals surface area contributed by atoms with Gasteiger partial charge in [-0.25, -0.2) is 4.79 Å². The van der Waals surface area contributed by atoms with Gasteiger partial charge in [0.25, 0.3) is 0 Å². The van der Waals surface area contributed by atoms with Crippen LogP contribution in [0.15, 0.2) is 57.7 Å². The van der Waals surface area contributed by atoms with Crippen LogP contribution in [0.5, 0.6) is 5.75 Å². The van der Waals surface area contributed by atoms with Crippen LogP contribution in [0, 0.1) is 5.92 Å². The molecule has 2 aromatic carbocycles. The molecule has 2 amide bonds. The number of nitrogens with one attached hydrogen (secondary N) is 1. The Morgan fingerprint density at radius 2 is 2.00 bits per heavy atom. The Labute approximate surface area is 170 Å². The summed E-state index contributed by atoms with van der Waals surface area (Å²) < 4.78 is 10.4. The van der Waals surface area contributed by atoms with Gasteiger partial charge in [0.15, 0.2) is 0 Å². The van der Waals surface area contributed by atoms with Gasteiger partial charge in [-0.05, 0) is 42.5 Å². The maximum absolute atomic E-state index is 12.7. The zero-order valence-electron chi connectivity index (χ0n) is 15.5. The molecule has 0 radical (unpaired) electrons. The summed E-state index contributed by atoms with van der Waals surface area (Å²) in [7, 11) is 1.51. The summed E-state index contributed by atoms with van der Waals surface area (Å²) in [5.74, 6) is -0.444. The van der Waals surface area contributed by atoms with Gasteiger partial charge in [0.1, 0.15) is 11.3 Å². The van der Waals surface area contributed by atoms with Gasteiger partial charge >= 0.3 is 5.63 Å². The van der Waals surface area contributed by atoms with Gasteiger partial charge in [-0.15, -0.1) is 0 Å². The summed E-state index contributed by atoms with van der Waals surface area (Å²) in [4.78, 5) is 38.1. The number of hydrogen-bond donors (Lipinski definition) is 1. The number of carbonyl (C=O) groups excluding carboxylic acids is 2. The first-order chi connectivity index (χ1) is 13.9. The van der Waals surface area contributed by atoms with E-state index < -0.39 is 11.5 Å². The zero-order valence-corrected chi connectivity index (χ0v) is 16.2. The first kappa shape index (κ1) is 19.0. The molecule has 0 unspecified atom stereocenters. The monoisotopic (exact) mass is 412 g/mol. The highest BCUT2D eigenvalue weighted by Gasteiger charge is 2.36. The van der Waals surface area contributed by atoms with E-state index in [9.17, 15) is 14.4 Å². The zero-order chi connectivity index (χ0) is 20.5. The van der Waals surface area contributed by atoms with E-state index in [1.807, 2.05) is 0 Å². The fourth-order valence-electron chi connectivity index (χ4n) is 3.38. The molecule has 1 saturated heterocycles. The van der Waals surface area contributed by atoms with Crippen molar-refractivity contribution < 1.29 is 18.7 Å². The van der Waals surface area contributed by atoms with Crippen LogP contribution in [0.3, 0.4) is 0 Å². The Morgan fingerprint density at radius 3 is 2.79 bits per heavy atom. The number of rotatable bonds is 4. The number of amides is 2. The SMILES string of the molecule is COc1ccc(Cl)cc1N1C[C@H](C(=O)Nc2ccc3oc(=O)ccc3c2)CC1=O. The highest BCUT2D eigenvalue weighted by Crippen LogP contribution is 2.35. The lowest BCUT2D eigenvalue weighted by atomic mass is 10.1. The molecule has 7 nitrogen and oxygen atoms in total. The molecule has 1 aliphatic heterocycles. The number of methoxy groups -OCH3 is 1. The van der Waals surface area contributed by atoms with E-state index in [1.54, 1.807) is 42.5 Å². The molecule has 148 valence electrons. The highest BCUT2D eigenvalue weighted by molar-refractivity contribution is 6.31. The van der Waals surface area contributed by atoms with Gasteiger partial charge in [-0.3, -0.25) is 9.59 Å². The van der Waals surface area contributed by atoms with E-state index in [-0.39, 0.29) is 24.8 Å². The molecule has 1 atom stereocenters. The van der Waals surface area contributed by atoms with Gasteiger partial charge in [0, 0.05) is 35.1 Å². The standard InChI is InChI=1S/C21H17ClN2O5/c1-28-18-5-3-14(22)10-16(18)24-11-13(9-19(24)25)21(27)23-15-4-6-17-12(8-15)2-7-20(26)29-17/h2-8,10,13H,9,11H2,1H3,(H,23,27)/t13-/m1/s1. The molecule has 1 aliphatic rings. The largest absolute Gasteiger partial charge is 0.495 e. The second kappa shape index (κ2) is 7.60. The fourth-order valence-corrected chi connectivity index (χ4v) is 3.55. The molecular formula is C21H17ClN2O5. The van der Waals surface area contributed by atoms with Crippen molar-refractivity contribution in [1.82, 2.24) is 0 Å². The van der Waals surface area contributed by atoms with E-state index in [0.717, 1.165) is 0 Å². The van der Waals surface area contributed by atoms with Gasteiger partial charge < -0.3 is 19.4 Å². The van der Waals surface area contributed by atoms with Crippen molar-refractivity contribution in [1.29, 1.82) is 0 Å². The quantitative estimate of drug-likeness (QED) is 0.663. The molecule has 0 spiro atoms. The average molecular weight is 413 g/mol. The Bertz CT molecular complexity index is 1170. The minimum Gasteiger partial charge on any atom is -0.495 e. The highest BCUT2D eigenvalue weighted by atomic mass is 35.5. The molecule has 29 heavy (non-hydrogen) atoms. The number of fused-ring (bicyclic) bond motifs is 1. The molecule has 1 aromatic heterocycles. The normalized spacial score (nSPS) is 16.3. The van der Waals surface area contributed by atoms with E-state index in [4.69, 9.17) is 20.8 Å². The molecule has 8 heteroatoms. The first-order valence-electron chi connectivity index (χ1n) is 8.93.